The van der Waals surface area contributed by atoms with Gasteiger partial charge in [0.05, 0.1) is 25.7 Å². The van der Waals surface area contributed by atoms with Crippen LogP contribution in [0.1, 0.15) is 10.4 Å². The Labute approximate surface area is 201 Å². The number of nitrogens with one attached hydrogen (secondary N) is 2. The van der Waals surface area contributed by atoms with Gasteiger partial charge in [-0.05, 0) is 24.3 Å². The maximum atomic E-state index is 12.5. The summed E-state index contributed by atoms with van der Waals surface area (Å²) in [6.07, 6.45) is 0. The van der Waals surface area contributed by atoms with Crippen molar-refractivity contribution in [2.24, 2.45) is 0 Å². The fourth-order valence-corrected chi connectivity index (χ4v) is 4.47. The molecule has 0 saturated carbocycles. The normalized spacial score (nSPS) is 10.6. The first kappa shape index (κ1) is 23.3. The summed E-state index contributed by atoms with van der Waals surface area (Å²) in [5.74, 6) is 0.205. The fourth-order valence-electron chi connectivity index (χ4n) is 2.92. The highest BCUT2D eigenvalue weighted by Gasteiger charge is 2.17. The quantitative estimate of drug-likeness (QED) is 0.212. The summed E-state index contributed by atoms with van der Waals surface area (Å²) in [7, 11) is 3.04. The molecule has 2 N–H and O–H groups in total. The van der Waals surface area contributed by atoms with Crippen LogP contribution in [0.25, 0.3) is 11.0 Å². The van der Waals surface area contributed by atoms with Gasteiger partial charge in [0.2, 0.25) is 11.0 Å². The summed E-state index contributed by atoms with van der Waals surface area (Å²) in [6, 6.07) is 13.4. The van der Waals surface area contributed by atoms with Gasteiger partial charge in [0.1, 0.15) is 22.6 Å². The third-order valence-electron chi connectivity index (χ3n) is 4.52. The number of fused-ring (bicyclic) bond motifs is 1. The zero-order chi connectivity index (χ0) is 24.1. The standard InChI is InChI=1S/C22H18N4O6S2/c1-30-13-7-8-15(17(10-13)31-2)23-18(27)11-33-22-26-25-21(34-22)24-19(28)14-9-12-5-3-4-6-16(12)32-20(14)29/h3-10H,11H2,1-2H3,(H,23,27)(H,24,25,28). The number of rotatable bonds is 8. The minimum absolute atomic E-state index is 0.0615. The van der Waals surface area contributed by atoms with Gasteiger partial charge in [-0.25, -0.2) is 4.79 Å². The number of carbonyl (C=O) groups excluding carboxylic acids is 2. The second-order valence-electron chi connectivity index (χ2n) is 6.72. The first-order valence-electron chi connectivity index (χ1n) is 9.79. The Morgan fingerprint density at radius 3 is 2.68 bits per heavy atom. The number of ether oxygens (including phenoxy) is 2. The lowest BCUT2D eigenvalue weighted by Crippen LogP contribution is -2.20. The molecular weight excluding hydrogens is 480 g/mol. The van der Waals surface area contributed by atoms with Crippen molar-refractivity contribution in [3.8, 4) is 11.5 Å². The van der Waals surface area contributed by atoms with Crippen LogP contribution in [-0.2, 0) is 4.79 Å². The van der Waals surface area contributed by atoms with Gasteiger partial charge in [0.25, 0.3) is 5.91 Å². The molecule has 2 aromatic carbocycles. The highest BCUT2D eigenvalue weighted by molar-refractivity contribution is 8.01. The topological polar surface area (TPSA) is 133 Å². The van der Waals surface area contributed by atoms with E-state index >= 15 is 0 Å². The molecule has 0 radical (unpaired) electrons. The van der Waals surface area contributed by atoms with Crippen LogP contribution in [0.2, 0.25) is 0 Å². The SMILES string of the molecule is COc1ccc(NC(=O)CSc2nnc(NC(=O)c3cc4ccccc4oc3=O)s2)c(OC)c1. The maximum Gasteiger partial charge on any atom is 0.349 e. The molecule has 0 aliphatic heterocycles. The van der Waals surface area contributed by atoms with Gasteiger partial charge in [-0.15, -0.1) is 10.2 Å². The number of nitrogens with zero attached hydrogens (tertiary/aromatic N) is 2. The number of anilines is 2. The zero-order valence-corrected chi connectivity index (χ0v) is 19.6. The van der Waals surface area contributed by atoms with Crippen LogP contribution in [0, 0.1) is 0 Å². The Morgan fingerprint density at radius 2 is 1.88 bits per heavy atom. The van der Waals surface area contributed by atoms with Crippen LogP contribution in [0.3, 0.4) is 0 Å². The van der Waals surface area contributed by atoms with Gasteiger partial charge in [-0.1, -0.05) is 41.3 Å². The summed E-state index contributed by atoms with van der Waals surface area (Å²) >= 11 is 2.23. The van der Waals surface area contributed by atoms with E-state index in [0.717, 1.165) is 23.1 Å². The van der Waals surface area contributed by atoms with E-state index in [1.807, 2.05) is 0 Å². The van der Waals surface area contributed by atoms with E-state index in [9.17, 15) is 14.4 Å². The predicted molar refractivity (Wildman–Crippen MR) is 129 cm³/mol. The number of thioether (sulfide) groups is 1. The maximum absolute atomic E-state index is 12.5. The van der Waals surface area contributed by atoms with Crippen molar-refractivity contribution in [1.82, 2.24) is 10.2 Å². The number of methoxy groups -OCH3 is 2. The van der Waals surface area contributed by atoms with E-state index in [-0.39, 0.29) is 22.4 Å². The second-order valence-corrected chi connectivity index (χ2v) is 8.92. The molecule has 4 aromatic rings. The molecule has 0 aliphatic carbocycles. The van der Waals surface area contributed by atoms with Crippen LogP contribution in [0.5, 0.6) is 11.5 Å². The average Bonchev–Trinajstić information content (AvgIpc) is 3.29. The number of benzene rings is 2. The van der Waals surface area contributed by atoms with Crippen molar-refractivity contribution in [1.29, 1.82) is 0 Å². The lowest BCUT2D eigenvalue weighted by Gasteiger charge is -2.11. The predicted octanol–water partition coefficient (Wildman–Crippen LogP) is 3.64. The second kappa shape index (κ2) is 10.4. The highest BCUT2D eigenvalue weighted by atomic mass is 32.2. The van der Waals surface area contributed by atoms with Gasteiger partial charge in [-0.3, -0.25) is 14.9 Å². The third kappa shape index (κ3) is 5.35. The zero-order valence-electron chi connectivity index (χ0n) is 18.0. The Kier molecular flexibility index (Phi) is 7.09. The number of para-hydroxylation sites is 1. The summed E-state index contributed by atoms with van der Waals surface area (Å²) < 4.78 is 16.1. The lowest BCUT2D eigenvalue weighted by molar-refractivity contribution is -0.113. The Bertz CT molecular complexity index is 1420. The highest BCUT2D eigenvalue weighted by Crippen LogP contribution is 2.30. The van der Waals surface area contributed by atoms with Crippen molar-refractivity contribution in [2.75, 3.05) is 30.6 Å². The summed E-state index contributed by atoms with van der Waals surface area (Å²) in [5.41, 5.74) is 0.00869. The van der Waals surface area contributed by atoms with Crippen molar-refractivity contribution < 1.29 is 23.5 Å². The molecule has 2 heterocycles. The smallest absolute Gasteiger partial charge is 0.349 e. The van der Waals surface area contributed by atoms with Crippen LogP contribution < -0.4 is 25.7 Å². The van der Waals surface area contributed by atoms with E-state index in [4.69, 9.17) is 13.9 Å². The molecule has 0 spiro atoms. The molecule has 4 rings (SSSR count). The van der Waals surface area contributed by atoms with Crippen LogP contribution in [0.4, 0.5) is 10.8 Å². The molecule has 0 atom stereocenters. The fraction of sp³-hybridized carbons (Fsp3) is 0.136. The number of aromatic nitrogens is 2. The Balaban J connectivity index is 1.36. The van der Waals surface area contributed by atoms with Crippen molar-refractivity contribution in [3.63, 3.8) is 0 Å². The molecule has 0 saturated heterocycles. The minimum Gasteiger partial charge on any atom is -0.497 e. The molecular formula is C22H18N4O6S2. The van der Waals surface area contributed by atoms with Gasteiger partial charge in [0.15, 0.2) is 4.34 Å². The van der Waals surface area contributed by atoms with Crippen molar-refractivity contribution in [3.05, 3.63) is 64.5 Å². The molecule has 174 valence electrons. The first-order valence-corrected chi connectivity index (χ1v) is 11.6. The molecule has 0 aliphatic rings. The van der Waals surface area contributed by atoms with Gasteiger partial charge in [-0.2, -0.15) is 0 Å². The number of amides is 2. The van der Waals surface area contributed by atoms with E-state index in [1.54, 1.807) is 49.6 Å². The molecule has 0 unspecified atom stereocenters. The van der Waals surface area contributed by atoms with Gasteiger partial charge in [0, 0.05) is 11.5 Å². The molecule has 2 amide bonds. The molecule has 12 heteroatoms. The molecule has 0 bridgehead atoms. The first-order chi connectivity index (χ1) is 16.5. The number of hydrogen-bond donors (Lipinski definition) is 2. The van der Waals surface area contributed by atoms with Crippen molar-refractivity contribution in [2.45, 2.75) is 4.34 Å². The van der Waals surface area contributed by atoms with Crippen molar-refractivity contribution >= 4 is 56.7 Å². The lowest BCUT2D eigenvalue weighted by atomic mass is 10.2. The summed E-state index contributed by atoms with van der Waals surface area (Å²) in [4.78, 5) is 37.0. The monoisotopic (exact) mass is 498 g/mol. The molecule has 0 fully saturated rings. The van der Waals surface area contributed by atoms with Crippen LogP contribution in [-0.4, -0.2) is 42.0 Å². The van der Waals surface area contributed by atoms with Crippen LogP contribution >= 0.6 is 23.1 Å². The van der Waals surface area contributed by atoms with Gasteiger partial charge >= 0.3 is 5.63 Å². The number of carbonyl (C=O) groups is 2. The van der Waals surface area contributed by atoms with E-state index in [2.05, 4.69) is 20.8 Å². The minimum atomic E-state index is -0.749. The molecule has 34 heavy (non-hydrogen) atoms. The van der Waals surface area contributed by atoms with E-state index < -0.39 is 11.5 Å². The average molecular weight is 499 g/mol. The van der Waals surface area contributed by atoms with E-state index in [0.29, 0.717) is 32.5 Å². The molecule has 10 nitrogen and oxygen atoms in total. The summed E-state index contributed by atoms with van der Waals surface area (Å²) in [5, 5.41) is 14.0. The number of hydrogen-bond acceptors (Lipinski definition) is 10. The third-order valence-corrected chi connectivity index (χ3v) is 6.49. The summed E-state index contributed by atoms with van der Waals surface area (Å²) in [6.45, 7) is 0. The largest absolute Gasteiger partial charge is 0.497 e. The van der Waals surface area contributed by atoms with Gasteiger partial charge < -0.3 is 19.2 Å². The Hall–Kier alpha value is -3.90. The Morgan fingerprint density at radius 1 is 1.06 bits per heavy atom. The van der Waals surface area contributed by atoms with Crippen LogP contribution in [0.15, 0.2) is 62.1 Å². The molecule has 2 aromatic heterocycles. The van der Waals surface area contributed by atoms with E-state index in [1.165, 1.54) is 13.2 Å².